The second-order valence-electron chi connectivity index (χ2n) is 3.81. The molecule has 0 bridgehead atoms. The minimum atomic E-state index is -2.82. The van der Waals surface area contributed by atoms with E-state index in [4.69, 9.17) is 11.8 Å². The van der Waals surface area contributed by atoms with Crippen molar-refractivity contribution in [1.29, 1.82) is 0 Å². The Morgan fingerprint density at radius 1 is 1.31 bits per heavy atom. The van der Waals surface area contributed by atoms with Crippen molar-refractivity contribution >= 4 is 21.6 Å². The molecule has 1 saturated carbocycles. The average Bonchev–Trinajstić information content (AvgIpc) is 2.04. The first-order valence-corrected chi connectivity index (χ1v) is 6.89. The van der Waals surface area contributed by atoms with E-state index in [0.717, 1.165) is 32.2 Å². The number of sulfone groups is 1. The maximum absolute atomic E-state index is 11.2. The first-order chi connectivity index (χ1) is 6.04. The average molecular weight is 226 g/mol. The highest BCUT2D eigenvalue weighted by Gasteiger charge is 2.27. The lowest BCUT2D eigenvalue weighted by Gasteiger charge is -2.26. The van der Waals surface area contributed by atoms with Crippen LogP contribution in [-0.2, 0) is 9.84 Å². The van der Waals surface area contributed by atoms with Crippen molar-refractivity contribution in [2.45, 2.75) is 30.9 Å². The van der Waals surface area contributed by atoms with E-state index in [-0.39, 0.29) is 5.25 Å². The fourth-order valence-electron chi connectivity index (χ4n) is 1.87. The molecule has 0 aromatic carbocycles. The minimum absolute atomic E-state index is 0.112. The quantitative estimate of drug-likeness (QED) is 0.738. The van der Waals surface area contributed by atoms with Crippen molar-refractivity contribution in [2.24, 2.45) is 5.92 Å². The SMILES string of the molecule is CS(=O)(=O)C1CCC(CNCl)CC1. The van der Waals surface area contributed by atoms with E-state index in [2.05, 4.69) is 4.84 Å². The fourth-order valence-corrected chi connectivity index (χ4v) is 3.22. The summed E-state index contributed by atoms with van der Waals surface area (Å²) in [4.78, 5) is 2.61. The van der Waals surface area contributed by atoms with E-state index in [0.29, 0.717) is 5.92 Å². The molecule has 0 aromatic rings. The Morgan fingerprint density at radius 2 is 1.85 bits per heavy atom. The molecular weight excluding hydrogens is 210 g/mol. The molecule has 1 aliphatic rings. The number of hydrogen-bond acceptors (Lipinski definition) is 3. The molecule has 0 amide bonds. The van der Waals surface area contributed by atoms with Gasteiger partial charge >= 0.3 is 0 Å². The normalized spacial score (nSPS) is 30.3. The molecule has 5 heteroatoms. The van der Waals surface area contributed by atoms with E-state index in [1.807, 2.05) is 0 Å². The number of halogens is 1. The first-order valence-electron chi connectivity index (χ1n) is 4.56. The van der Waals surface area contributed by atoms with Crippen molar-refractivity contribution in [3.8, 4) is 0 Å². The lowest BCUT2D eigenvalue weighted by atomic mass is 9.89. The maximum atomic E-state index is 11.2. The van der Waals surface area contributed by atoms with Gasteiger partial charge in [0.2, 0.25) is 0 Å². The van der Waals surface area contributed by atoms with Gasteiger partial charge in [0, 0.05) is 12.8 Å². The molecule has 0 aliphatic heterocycles. The third-order valence-corrected chi connectivity index (χ3v) is 4.60. The van der Waals surface area contributed by atoms with Gasteiger partial charge in [-0.05, 0) is 43.4 Å². The van der Waals surface area contributed by atoms with Gasteiger partial charge in [-0.1, -0.05) is 0 Å². The second kappa shape index (κ2) is 4.62. The van der Waals surface area contributed by atoms with Crippen molar-refractivity contribution in [3.05, 3.63) is 0 Å². The highest BCUT2D eigenvalue weighted by atomic mass is 35.5. The zero-order valence-corrected chi connectivity index (χ0v) is 9.37. The highest BCUT2D eigenvalue weighted by Crippen LogP contribution is 2.27. The fraction of sp³-hybridized carbons (Fsp3) is 1.00. The third-order valence-electron chi connectivity index (χ3n) is 2.77. The highest BCUT2D eigenvalue weighted by molar-refractivity contribution is 7.91. The molecule has 0 heterocycles. The topological polar surface area (TPSA) is 46.2 Å². The summed E-state index contributed by atoms with van der Waals surface area (Å²) in [5.74, 6) is 0.551. The Balaban J connectivity index is 2.39. The summed E-state index contributed by atoms with van der Waals surface area (Å²) in [7, 11) is -2.82. The summed E-state index contributed by atoms with van der Waals surface area (Å²) >= 11 is 5.39. The summed E-state index contributed by atoms with van der Waals surface area (Å²) in [5.41, 5.74) is 0. The van der Waals surface area contributed by atoms with Crippen LogP contribution in [0.15, 0.2) is 0 Å². The molecule has 1 rings (SSSR count). The van der Waals surface area contributed by atoms with Crippen molar-refractivity contribution in [1.82, 2.24) is 4.84 Å². The van der Waals surface area contributed by atoms with E-state index in [9.17, 15) is 8.42 Å². The van der Waals surface area contributed by atoms with Crippen LogP contribution in [0.1, 0.15) is 25.7 Å². The molecule has 0 unspecified atom stereocenters. The van der Waals surface area contributed by atoms with Gasteiger partial charge in [0.05, 0.1) is 5.25 Å². The first kappa shape index (κ1) is 11.3. The molecule has 0 radical (unpaired) electrons. The molecule has 78 valence electrons. The van der Waals surface area contributed by atoms with Crippen LogP contribution in [0.2, 0.25) is 0 Å². The molecule has 1 aliphatic carbocycles. The van der Waals surface area contributed by atoms with Gasteiger partial charge in [0.15, 0.2) is 0 Å². The van der Waals surface area contributed by atoms with Gasteiger partial charge in [-0.15, -0.1) is 0 Å². The Labute approximate surface area is 84.9 Å². The van der Waals surface area contributed by atoms with E-state index in [1.165, 1.54) is 6.26 Å². The zero-order valence-electron chi connectivity index (χ0n) is 7.79. The van der Waals surface area contributed by atoms with Crippen LogP contribution in [0.3, 0.4) is 0 Å². The number of hydrogen-bond donors (Lipinski definition) is 1. The molecule has 3 nitrogen and oxygen atoms in total. The van der Waals surface area contributed by atoms with E-state index >= 15 is 0 Å². The Bertz CT molecular complexity index is 245. The smallest absolute Gasteiger partial charge is 0.150 e. The minimum Gasteiger partial charge on any atom is -0.233 e. The predicted octanol–water partition coefficient (Wildman–Crippen LogP) is 1.33. The van der Waals surface area contributed by atoms with Crippen LogP contribution in [0.4, 0.5) is 0 Å². The standard InChI is InChI=1S/C8H16ClNO2S/c1-13(11,12)8-4-2-7(3-5-8)6-10-9/h7-8,10H,2-6H2,1H3. The van der Waals surface area contributed by atoms with Gasteiger partial charge in [-0.3, -0.25) is 0 Å². The van der Waals surface area contributed by atoms with Gasteiger partial charge in [0.25, 0.3) is 0 Å². The largest absolute Gasteiger partial charge is 0.233 e. The maximum Gasteiger partial charge on any atom is 0.150 e. The predicted molar refractivity (Wildman–Crippen MR) is 54.4 cm³/mol. The molecule has 0 atom stereocenters. The van der Waals surface area contributed by atoms with Crippen LogP contribution in [-0.4, -0.2) is 26.5 Å². The Kier molecular flexibility index (Phi) is 4.01. The summed E-state index contributed by atoms with van der Waals surface area (Å²) in [6.07, 6.45) is 4.86. The van der Waals surface area contributed by atoms with E-state index in [1.54, 1.807) is 0 Å². The zero-order chi connectivity index (χ0) is 9.90. The summed E-state index contributed by atoms with van der Waals surface area (Å²) < 4.78 is 22.4. The van der Waals surface area contributed by atoms with Crippen molar-refractivity contribution in [3.63, 3.8) is 0 Å². The summed E-state index contributed by atoms with van der Waals surface area (Å²) in [6, 6.07) is 0. The Morgan fingerprint density at radius 3 is 2.23 bits per heavy atom. The number of rotatable bonds is 3. The van der Waals surface area contributed by atoms with Gasteiger partial charge in [0.1, 0.15) is 9.84 Å². The lowest BCUT2D eigenvalue weighted by Crippen LogP contribution is -2.29. The third kappa shape index (κ3) is 3.44. The van der Waals surface area contributed by atoms with Crippen molar-refractivity contribution in [2.75, 3.05) is 12.8 Å². The monoisotopic (exact) mass is 225 g/mol. The molecule has 13 heavy (non-hydrogen) atoms. The van der Waals surface area contributed by atoms with Gasteiger partial charge in [-0.2, -0.15) is 0 Å². The molecule has 1 fully saturated rings. The van der Waals surface area contributed by atoms with Crippen LogP contribution < -0.4 is 4.84 Å². The van der Waals surface area contributed by atoms with Crippen LogP contribution in [0.25, 0.3) is 0 Å². The van der Waals surface area contributed by atoms with Crippen molar-refractivity contribution < 1.29 is 8.42 Å². The van der Waals surface area contributed by atoms with Gasteiger partial charge in [-0.25, -0.2) is 13.3 Å². The van der Waals surface area contributed by atoms with Gasteiger partial charge < -0.3 is 0 Å². The summed E-state index contributed by atoms with van der Waals surface area (Å²) in [6.45, 7) is 0.790. The molecule has 0 saturated heterocycles. The Hall–Kier alpha value is 0.200. The lowest BCUT2D eigenvalue weighted by molar-refractivity contribution is 0.358. The van der Waals surface area contributed by atoms with E-state index < -0.39 is 9.84 Å². The molecule has 0 aromatic heterocycles. The van der Waals surface area contributed by atoms with Crippen LogP contribution in [0, 0.1) is 5.92 Å². The second-order valence-corrected chi connectivity index (χ2v) is 6.40. The summed E-state index contributed by atoms with van der Waals surface area (Å²) in [5, 5.41) is -0.112. The molecular formula is C8H16ClNO2S. The van der Waals surface area contributed by atoms with Crippen LogP contribution in [0.5, 0.6) is 0 Å². The van der Waals surface area contributed by atoms with Crippen LogP contribution >= 0.6 is 11.8 Å². The molecule has 1 N–H and O–H groups in total. The molecule has 0 spiro atoms. The number of nitrogens with one attached hydrogen (secondary N) is 1.